The maximum absolute atomic E-state index is 13.5. The molecule has 0 saturated carbocycles. The lowest BCUT2D eigenvalue weighted by Gasteiger charge is -2.27. The van der Waals surface area contributed by atoms with Crippen LogP contribution in [-0.2, 0) is 14.6 Å². The Morgan fingerprint density at radius 1 is 1.24 bits per heavy atom. The quantitative estimate of drug-likeness (QED) is 0.535. The fourth-order valence-corrected chi connectivity index (χ4v) is 1.81. The first-order valence-corrected chi connectivity index (χ1v) is 5.75. The number of halogens is 2. The normalized spacial score (nSPS) is 14.5. The van der Waals surface area contributed by atoms with Gasteiger partial charge in [0.25, 0.3) is 0 Å². The smallest absolute Gasteiger partial charge is 0.292 e. The predicted octanol–water partition coefficient (Wildman–Crippen LogP) is 3.58. The standard InChI is InChI=1S/C12H22F2O3/c1-6-9(7-11(2,3)4)8-12(13,14)10(15)17-16-5/h9H,6-8H2,1-5H3. The Morgan fingerprint density at radius 2 is 1.76 bits per heavy atom. The molecule has 0 aromatic carbocycles. The van der Waals surface area contributed by atoms with E-state index in [2.05, 4.69) is 9.78 Å². The molecular formula is C12H22F2O3. The van der Waals surface area contributed by atoms with Crippen molar-refractivity contribution in [1.82, 2.24) is 0 Å². The van der Waals surface area contributed by atoms with Crippen molar-refractivity contribution in [1.29, 1.82) is 0 Å². The van der Waals surface area contributed by atoms with Crippen molar-refractivity contribution >= 4 is 5.97 Å². The van der Waals surface area contributed by atoms with Crippen LogP contribution in [-0.4, -0.2) is 19.0 Å². The molecular weight excluding hydrogens is 230 g/mol. The number of carbonyl (C=O) groups is 1. The summed E-state index contributed by atoms with van der Waals surface area (Å²) < 4.78 is 26.9. The molecule has 0 amide bonds. The van der Waals surface area contributed by atoms with Crippen LogP contribution in [0, 0.1) is 11.3 Å². The van der Waals surface area contributed by atoms with E-state index in [1.54, 1.807) is 0 Å². The van der Waals surface area contributed by atoms with Gasteiger partial charge in [0.1, 0.15) is 0 Å². The molecule has 0 aliphatic carbocycles. The minimum Gasteiger partial charge on any atom is -0.292 e. The zero-order valence-electron chi connectivity index (χ0n) is 11.2. The second-order valence-electron chi connectivity index (χ2n) is 5.49. The van der Waals surface area contributed by atoms with Crippen LogP contribution in [0.1, 0.15) is 47.0 Å². The van der Waals surface area contributed by atoms with Gasteiger partial charge in [-0.2, -0.15) is 13.7 Å². The molecule has 0 aliphatic rings. The van der Waals surface area contributed by atoms with Crippen molar-refractivity contribution in [2.75, 3.05) is 7.11 Å². The van der Waals surface area contributed by atoms with Crippen molar-refractivity contribution < 1.29 is 23.4 Å². The number of alkyl halides is 2. The molecule has 17 heavy (non-hydrogen) atoms. The van der Waals surface area contributed by atoms with Gasteiger partial charge in [-0.25, -0.2) is 4.79 Å². The molecule has 0 heterocycles. The number of carbonyl (C=O) groups excluding carboxylic acids is 1. The third-order valence-electron chi connectivity index (χ3n) is 2.48. The molecule has 0 spiro atoms. The highest BCUT2D eigenvalue weighted by Crippen LogP contribution is 2.34. The van der Waals surface area contributed by atoms with Gasteiger partial charge in [-0.1, -0.05) is 34.1 Å². The molecule has 0 radical (unpaired) electrons. The molecule has 0 saturated heterocycles. The van der Waals surface area contributed by atoms with E-state index in [4.69, 9.17) is 0 Å². The molecule has 3 nitrogen and oxygen atoms in total. The summed E-state index contributed by atoms with van der Waals surface area (Å²) in [6.07, 6.45) is 0.745. The van der Waals surface area contributed by atoms with Crippen LogP contribution in [0.25, 0.3) is 0 Å². The minimum atomic E-state index is -3.48. The van der Waals surface area contributed by atoms with Crippen molar-refractivity contribution in [3.63, 3.8) is 0 Å². The van der Waals surface area contributed by atoms with Crippen molar-refractivity contribution in [3.05, 3.63) is 0 Å². The van der Waals surface area contributed by atoms with E-state index < -0.39 is 18.3 Å². The summed E-state index contributed by atoms with van der Waals surface area (Å²) in [6, 6.07) is 0. The Labute approximate surface area is 101 Å². The summed E-state index contributed by atoms with van der Waals surface area (Å²) in [6.45, 7) is 7.80. The van der Waals surface area contributed by atoms with Gasteiger partial charge in [0.05, 0.1) is 7.11 Å². The van der Waals surface area contributed by atoms with Gasteiger partial charge in [0.15, 0.2) is 0 Å². The highest BCUT2D eigenvalue weighted by atomic mass is 19.3. The molecule has 0 rings (SSSR count). The molecule has 5 heteroatoms. The van der Waals surface area contributed by atoms with Crippen LogP contribution >= 0.6 is 0 Å². The molecule has 0 aromatic heterocycles. The van der Waals surface area contributed by atoms with Crippen LogP contribution in [0.15, 0.2) is 0 Å². The van der Waals surface area contributed by atoms with E-state index in [1.807, 2.05) is 27.7 Å². The van der Waals surface area contributed by atoms with Crippen LogP contribution in [0.4, 0.5) is 8.78 Å². The van der Waals surface area contributed by atoms with Crippen molar-refractivity contribution in [3.8, 4) is 0 Å². The number of hydrogen-bond acceptors (Lipinski definition) is 3. The van der Waals surface area contributed by atoms with Crippen LogP contribution < -0.4 is 0 Å². The largest absolute Gasteiger partial charge is 0.411 e. The van der Waals surface area contributed by atoms with Crippen molar-refractivity contribution in [2.45, 2.75) is 52.9 Å². The van der Waals surface area contributed by atoms with E-state index in [-0.39, 0.29) is 11.3 Å². The Balaban J connectivity index is 4.49. The van der Waals surface area contributed by atoms with E-state index in [0.29, 0.717) is 12.8 Å². The first kappa shape index (κ1) is 16.3. The fourth-order valence-electron chi connectivity index (χ4n) is 1.81. The Bertz CT molecular complexity index is 247. The maximum atomic E-state index is 13.5. The molecule has 0 aliphatic heterocycles. The monoisotopic (exact) mass is 252 g/mol. The van der Waals surface area contributed by atoms with Crippen LogP contribution in [0.3, 0.4) is 0 Å². The highest BCUT2D eigenvalue weighted by Gasteiger charge is 2.43. The molecule has 102 valence electrons. The molecule has 0 fully saturated rings. The molecule has 1 atom stereocenters. The first-order valence-electron chi connectivity index (χ1n) is 5.75. The number of hydrogen-bond donors (Lipinski definition) is 0. The Morgan fingerprint density at radius 3 is 2.12 bits per heavy atom. The summed E-state index contributed by atoms with van der Waals surface area (Å²) >= 11 is 0. The summed E-state index contributed by atoms with van der Waals surface area (Å²) in [5, 5.41) is 0. The van der Waals surface area contributed by atoms with Crippen molar-refractivity contribution in [2.24, 2.45) is 11.3 Å². The first-order chi connectivity index (χ1) is 7.62. The Hall–Kier alpha value is -0.710. The van der Waals surface area contributed by atoms with Gasteiger partial charge in [-0.15, -0.1) is 0 Å². The predicted molar refractivity (Wildman–Crippen MR) is 60.5 cm³/mol. The summed E-state index contributed by atoms with van der Waals surface area (Å²) in [5.74, 6) is -5.32. The van der Waals surface area contributed by atoms with E-state index in [1.165, 1.54) is 0 Å². The average Bonchev–Trinajstić information content (AvgIpc) is 2.14. The topological polar surface area (TPSA) is 35.5 Å². The Kier molecular flexibility index (Phi) is 6.02. The van der Waals surface area contributed by atoms with Gasteiger partial charge in [0.2, 0.25) is 0 Å². The van der Waals surface area contributed by atoms with Gasteiger partial charge >= 0.3 is 11.9 Å². The van der Waals surface area contributed by atoms with Gasteiger partial charge < -0.3 is 0 Å². The third kappa shape index (κ3) is 6.56. The van der Waals surface area contributed by atoms with E-state index >= 15 is 0 Å². The van der Waals surface area contributed by atoms with E-state index in [0.717, 1.165) is 7.11 Å². The second-order valence-corrected chi connectivity index (χ2v) is 5.49. The lowest BCUT2D eigenvalue weighted by Crippen LogP contribution is -2.33. The SMILES string of the molecule is CCC(CC(C)(C)C)CC(F)(F)C(=O)OOC. The zero-order valence-corrected chi connectivity index (χ0v) is 11.2. The molecule has 0 N–H and O–H groups in total. The summed E-state index contributed by atoms with van der Waals surface area (Å²) in [7, 11) is 1.03. The van der Waals surface area contributed by atoms with Crippen LogP contribution in [0.5, 0.6) is 0 Å². The summed E-state index contributed by atoms with van der Waals surface area (Å²) in [4.78, 5) is 18.9. The lowest BCUT2D eigenvalue weighted by molar-refractivity contribution is -0.275. The number of rotatable bonds is 6. The van der Waals surface area contributed by atoms with Crippen LogP contribution in [0.2, 0.25) is 0 Å². The van der Waals surface area contributed by atoms with Gasteiger partial charge in [-0.05, 0) is 17.8 Å². The second kappa shape index (κ2) is 6.28. The fraction of sp³-hybridized carbons (Fsp3) is 0.917. The van der Waals surface area contributed by atoms with E-state index in [9.17, 15) is 13.6 Å². The van der Waals surface area contributed by atoms with Gasteiger partial charge in [0, 0.05) is 6.42 Å². The minimum absolute atomic E-state index is 0.0398. The lowest BCUT2D eigenvalue weighted by atomic mass is 9.81. The molecule has 0 bridgehead atoms. The molecule has 0 aromatic rings. The third-order valence-corrected chi connectivity index (χ3v) is 2.48. The van der Waals surface area contributed by atoms with Gasteiger partial charge in [-0.3, -0.25) is 4.89 Å². The average molecular weight is 252 g/mol. The molecule has 1 unspecified atom stereocenters. The summed E-state index contributed by atoms with van der Waals surface area (Å²) in [5.41, 5.74) is -0.0398. The zero-order chi connectivity index (χ0) is 13.7. The maximum Gasteiger partial charge on any atom is 0.411 e. The highest BCUT2D eigenvalue weighted by molar-refractivity contribution is 5.76.